The quantitative estimate of drug-likeness (QED) is 0.771. The van der Waals surface area contributed by atoms with Crippen molar-refractivity contribution in [2.75, 3.05) is 19.1 Å². The SMILES string of the molecule is COc1ccc2c(c1)C1C(C)C3C=CC=CC3C1N2C. The third-order valence-electron chi connectivity index (χ3n) is 5.58. The number of likely N-dealkylation sites (N-methyl/N-ethyl adjacent to an activating group) is 1. The van der Waals surface area contributed by atoms with E-state index in [-0.39, 0.29) is 0 Å². The maximum absolute atomic E-state index is 5.43. The van der Waals surface area contributed by atoms with E-state index in [1.807, 2.05) is 0 Å². The Hall–Kier alpha value is -1.70. The predicted molar refractivity (Wildman–Crippen MR) is 82.4 cm³/mol. The molecule has 1 aliphatic heterocycles. The van der Waals surface area contributed by atoms with Crippen LogP contribution in [0.5, 0.6) is 5.75 Å². The van der Waals surface area contributed by atoms with Gasteiger partial charge in [-0.05, 0) is 35.6 Å². The minimum atomic E-state index is 0.596. The number of anilines is 1. The summed E-state index contributed by atoms with van der Waals surface area (Å²) in [4.78, 5) is 2.49. The van der Waals surface area contributed by atoms with E-state index in [1.165, 1.54) is 11.3 Å². The minimum Gasteiger partial charge on any atom is -0.497 e. The lowest BCUT2D eigenvalue weighted by molar-refractivity contribution is 0.411. The molecule has 0 aromatic heterocycles. The zero-order valence-corrected chi connectivity index (χ0v) is 12.3. The lowest BCUT2D eigenvalue weighted by Crippen LogP contribution is -2.34. The van der Waals surface area contributed by atoms with E-state index in [9.17, 15) is 0 Å². The summed E-state index contributed by atoms with van der Waals surface area (Å²) in [6.45, 7) is 2.41. The van der Waals surface area contributed by atoms with Crippen LogP contribution in [-0.2, 0) is 0 Å². The molecule has 0 N–H and O–H groups in total. The maximum Gasteiger partial charge on any atom is 0.119 e. The summed E-state index contributed by atoms with van der Waals surface area (Å²) in [6.07, 6.45) is 9.24. The average molecular weight is 267 g/mol. The molecule has 104 valence electrons. The van der Waals surface area contributed by atoms with Crippen molar-refractivity contribution in [3.63, 3.8) is 0 Å². The molecule has 1 saturated carbocycles. The van der Waals surface area contributed by atoms with Crippen molar-refractivity contribution in [1.82, 2.24) is 0 Å². The van der Waals surface area contributed by atoms with Crippen LogP contribution >= 0.6 is 0 Å². The summed E-state index contributed by atoms with van der Waals surface area (Å²) in [5, 5.41) is 0. The van der Waals surface area contributed by atoms with Crippen LogP contribution in [0, 0.1) is 17.8 Å². The fourth-order valence-corrected chi connectivity index (χ4v) is 4.67. The fraction of sp³-hybridized carbons (Fsp3) is 0.444. The van der Waals surface area contributed by atoms with Crippen LogP contribution in [0.2, 0.25) is 0 Å². The summed E-state index contributed by atoms with van der Waals surface area (Å²) in [5.74, 6) is 3.60. The minimum absolute atomic E-state index is 0.596. The Morgan fingerprint density at radius 2 is 1.85 bits per heavy atom. The molecule has 1 fully saturated rings. The number of fused-ring (bicyclic) bond motifs is 5. The highest BCUT2D eigenvalue weighted by molar-refractivity contribution is 5.65. The van der Waals surface area contributed by atoms with Crippen molar-refractivity contribution in [2.45, 2.75) is 18.9 Å². The number of methoxy groups -OCH3 is 1. The Bertz CT molecular complexity index is 603. The summed E-state index contributed by atoms with van der Waals surface area (Å²) >= 11 is 0. The van der Waals surface area contributed by atoms with E-state index in [4.69, 9.17) is 4.74 Å². The van der Waals surface area contributed by atoms with E-state index < -0.39 is 0 Å². The summed E-state index contributed by atoms with van der Waals surface area (Å²) in [7, 11) is 4.00. The first-order valence-electron chi connectivity index (χ1n) is 7.48. The monoisotopic (exact) mass is 267 g/mol. The third kappa shape index (κ3) is 1.39. The van der Waals surface area contributed by atoms with Gasteiger partial charge in [0.05, 0.1) is 7.11 Å². The van der Waals surface area contributed by atoms with Gasteiger partial charge in [-0.1, -0.05) is 31.2 Å². The van der Waals surface area contributed by atoms with Gasteiger partial charge in [-0.2, -0.15) is 0 Å². The lowest BCUT2D eigenvalue weighted by Gasteiger charge is -2.29. The molecule has 0 saturated heterocycles. The lowest BCUT2D eigenvalue weighted by atomic mass is 9.84. The molecular formula is C18H21NO. The highest BCUT2D eigenvalue weighted by atomic mass is 16.5. The molecule has 5 atom stereocenters. The van der Waals surface area contributed by atoms with Gasteiger partial charge in [0.25, 0.3) is 0 Å². The highest BCUT2D eigenvalue weighted by Crippen LogP contribution is 2.57. The van der Waals surface area contributed by atoms with Gasteiger partial charge in [-0.25, -0.2) is 0 Å². The van der Waals surface area contributed by atoms with E-state index in [0.717, 1.165) is 5.75 Å². The van der Waals surface area contributed by atoms with Crippen molar-refractivity contribution >= 4 is 5.69 Å². The molecule has 0 amide bonds. The van der Waals surface area contributed by atoms with Crippen LogP contribution in [0.4, 0.5) is 5.69 Å². The van der Waals surface area contributed by atoms with Crippen molar-refractivity contribution in [2.24, 2.45) is 17.8 Å². The van der Waals surface area contributed by atoms with Crippen molar-refractivity contribution in [3.05, 3.63) is 48.1 Å². The van der Waals surface area contributed by atoms with Gasteiger partial charge in [0.2, 0.25) is 0 Å². The van der Waals surface area contributed by atoms with Crippen LogP contribution in [0.15, 0.2) is 42.5 Å². The van der Waals surface area contributed by atoms with Crippen molar-refractivity contribution in [1.29, 1.82) is 0 Å². The van der Waals surface area contributed by atoms with Crippen LogP contribution < -0.4 is 9.64 Å². The molecule has 5 unspecified atom stereocenters. The Balaban J connectivity index is 1.84. The molecule has 20 heavy (non-hydrogen) atoms. The molecule has 2 aliphatic carbocycles. The van der Waals surface area contributed by atoms with Gasteiger partial charge in [-0.3, -0.25) is 0 Å². The van der Waals surface area contributed by atoms with E-state index >= 15 is 0 Å². The third-order valence-corrected chi connectivity index (χ3v) is 5.58. The molecule has 0 spiro atoms. The molecule has 1 heterocycles. The molecule has 1 aromatic rings. The average Bonchev–Trinajstić information content (AvgIpc) is 2.95. The summed E-state index contributed by atoms with van der Waals surface area (Å²) in [5.41, 5.74) is 2.86. The van der Waals surface area contributed by atoms with E-state index in [2.05, 4.69) is 61.4 Å². The molecule has 2 heteroatoms. The number of nitrogens with zero attached hydrogens (tertiary/aromatic N) is 1. The molecule has 0 bridgehead atoms. The standard InChI is InChI=1S/C18H21NO/c1-11-13-6-4-5-7-14(13)18-17(11)15-10-12(20-3)8-9-16(15)19(18)2/h4-11,13-14,17-18H,1-3H3. The molecule has 3 aliphatic rings. The van der Waals surface area contributed by atoms with Gasteiger partial charge in [0, 0.05) is 30.6 Å². The number of hydrogen-bond acceptors (Lipinski definition) is 2. The molecular weight excluding hydrogens is 246 g/mol. The fourth-order valence-electron chi connectivity index (χ4n) is 4.67. The number of hydrogen-bond donors (Lipinski definition) is 0. The van der Waals surface area contributed by atoms with Crippen LogP contribution in [0.3, 0.4) is 0 Å². The summed E-state index contributed by atoms with van der Waals surface area (Å²) < 4.78 is 5.43. The number of benzene rings is 1. The van der Waals surface area contributed by atoms with Gasteiger partial charge >= 0.3 is 0 Å². The maximum atomic E-state index is 5.43. The topological polar surface area (TPSA) is 12.5 Å². The predicted octanol–water partition coefficient (Wildman–Crippen LogP) is 3.61. The van der Waals surface area contributed by atoms with Gasteiger partial charge in [-0.15, -0.1) is 0 Å². The second-order valence-electron chi connectivity index (χ2n) is 6.34. The van der Waals surface area contributed by atoms with Crippen molar-refractivity contribution in [3.8, 4) is 5.75 Å². The highest BCUT2D eigenvalue weighted by Gasteiger charge is 2.53. The molecule has 1 aromatic carbocycles. The van der Waals surface area contributed by atoms with Gasteiger partial charge < -0.3 is 9.64 Å². The smallest absolute Gasteiger partial charge is 0.119 e. The zero-order chi connectivity index (χ0) is 13.9. The van der Waals surface area contributed by atoms with E-state index in [1.54, 1.807) is 7.11 Å². The van der Waals surface area contributed by atoms with Crippen LogP contribution in [0.25, 0.3) is 0 Å². The molecule has 2 nitrogen and oxygen atoms in total. The first kappa shape index (κ1) is 12.1. The van der Waals surface area contributed by atoms with E-state index in [0.29, 0.717) is 29.7 Å². The number of allylic oxidation sites excluding steroid dienone is 3. The number of ether oxygens (including phenoxy) is 1. The second kappa shape index (κ2) is 4.15. The summed E-state index contributed by atoms with van der Waals surface area (Å²) in [6, 6.07) is 7.14. The Labute approximate surface area is 120 Å². The zero-order valence-electron chi connectivity index (χ0n) is 12.3. The van der Waals surface area contributed by atoms with Crippen molar-refractivity contribution < 1.29 is 4.74 Å². The Kier molecular flexibility index (Phi) is 2.50. The van der Waals surface area contributed by atoms with Crippen LogP contribution in [0.1, 0.15) is 18.4 Å². The number of rotatable bonds is 1. The van der Waals surface area contributed by atoms with Crippen LogP contribution in [-0.4, -0.2) is 20.2 Å². The second-order valence-corrected chi connectivity index (χ2v) is 6.34. The van der Waals surface area contributed by atoms with Gasteiger partial charge in [0.15, 0.2) is 0 Å². The Morgan fingerprint density at radius 1 is 1.10 bits per heavy atom. The Morgan fingerprint density at radius 3 is 2.60 bits per heavy atom. The molecule has 0 radical (unpaired) electrons. The first-order valence-corrected chi connectivity index (χ1v) is 7.48. The normalized spacial score (nSPS) is 36.8. The first-order chi connectivity index (χ1) is 9.72. The molecule has 4 rings (SSSR count). The van der Waals surface area contributed by atoms with Gasteiger partial charge in [0.1, 0.15) is 5.75 Å². The largest absolute Gasteiger partial charge is 0.497 e.